The van der Waals surface area contributed by atoms with Crippen molar-refractivity contribution in [3.05, 3.63) is 70.7 Å². The highest BCUT2D eigenvalue weighted by Crippen LogP contribution is 2.41. The van der Waals surface area contributed by atoms with Gasteiger partial charge < -0.3 is 9.84 Å². The van der Waals surface area contributed by atoms with E-state index in [1.807, 2.05) is 30.3 Å². The van der Waals surface area contributed by atoms with Gasteiger partial charge in [0.05, 0.1) is 10.0 Å². The van der Waals surface area contributed by atoms with E-state index in [9.17, 15) is 14.7 Å². The van der Waals surface area contributed by atoms with E-state index in [0.717, 1.165) is 5.56 Å². The van der Waals surface area contributed by atoms with Crippen LogP contribution in [0.3, 0.4) is 0 Å². The molecule has 1 saturated heterocycles. The van der Waals surface area contributed by atoms with Crippen LogP contribution < -0.4 is 15.0 Å². The molecule has 1 aliphatic heterocycles. The van der Waals surface area contributed by atoms with Crippen molar-refractivity contribution < 1.29 is 19.4 Å². The van der Waals surface area contributed by atoms with Crippen molar-refractivity contribution in [2.75, 3.05) is 11.4 Å². The Kier molecular flexibility index (Phi) is 5.05. The lowest BCUT2D eigenvalue weighted by atomic mass is 10.0. The van der Waals surface area contributed by atoms with E-state index >= 15 is 0 Å². The van der Waals surface area contributed by atoms with Gasteiger partial charge in [-0.3, -0.25) is 15.0 Å². The number of urea groups is 1. The van der Waals surface area contributed by atoms with Gasteiger partial charge >= 0.3 is 6.03 Å². The van der Waals surface area contributed by atoms with Crippen molar-refractivity contribution in [2.24, 2.45) is 0 Å². The third kappa shape index (κ3) is 3.85. The fourth-order valence-corrected chi connectivity index (χ4v) is 3.55. The molecule has 1 aliphatic rings. The Morgan fingerprint density at radius 3 is 2.28 bits per heavy atom. The van der Waals surface area contributed by atoms with E-state index in [-0.39, 0.29) is 28.1 Å². The molecule has 3 aromatic carbocycles. The van der Waals surface area contributed by atoms with Crippen LogP contribution in [0.5, 0.6) is 17.2 Å². The molecule has 146 valence electrons. The van der Waals surface area contributed by atoms with E-state index in [1.165, 1.54) is 23.1 Å². The Balaban J connectivity index is 1.65. The minimum absolute atomic E-state index is 0.107. The number of phenolic OH excluding ortho intramolecular Hbond substituents is 1. The monoisotopic (exact) mass is 428 g/mol. The van der Waals surface area contributed by atoms with E-state index < -0.39 is 11.9 Å². The number of hydrogen-bond acceptors (Lipinski definition) is 4. The standard InChI is InChI=1S/C21H14Cl2N2O4/c22-16-8-13(25-11-19(27)24-21(25)28)9-17(23)20(16)29-14-6-7-18(26)15(10-14)12-4-2-1-3-5-12/h1-10,26H,11H2,(H,24,27,28). The normalized spacial score (nSPS) is 13.5. The second-order valence-electron chi connectivity index (χ2n) is 6.33. The summed E-state index contributed by atoms with van der Waals surface area (Å²) in [5, 5.41) is 12.7. The van der Waals surface area contributed by atoms with Gasteiger partial charge in [-0.15, -0.1) is 0 Å². The molecule has 0 aliphatic carbocycles. The summed E-state index contributed by atoms with van der Waals surface area (Å²) in [5.41, 5.74) is 1.80. The van der Waals surface area contributed by atoms with Gasteiger partial charge in [-0.05, 0) is 35.9 Å². The zero-order valence-corrected chi connectivity index (χ0v) is 16.4. The summed E-state index contributed by atoms with van der Waals surface area (Å²) >= 11 is 12.7. The summed E-state index contributed by atoms with van der Waals surface area (Å²) in [6.07, 6.45) is 0. The highest BCUT2D eigenvalue weighted by molar-refractivity contribution is 6.38. The van der Waals surface area contributed by atoms with Gasteiger partial charge in [-0.1, -0.05) is 53.5 Å². The average Bonchev–Trinajstić information content (AvgIpc) is 3.04. The number of nitrogens with zero attached hydrogens (tertiary/aromatic N) is 1. The van der Waals surface area contributed by atoms with Crippen molar-refractivity contribution in [3.63, 3.8) is 0 Å². The van der Waals surface area contributed by atoms with Crippen molar-refractivity contribution in [2.45, 2.75) is 0 Å². The van der Waals surface area contributed by atoms with Gasteiger partial charge in [-0.25, -0.2) is 4.79 Å². The number of nitrogens with one attached hydrogen (secondary N) is 1. The maximum Gasteiger partial charge on any atom is 0.329 e. The molecule has 3 aromatic rings. The zero-order chi connectivity index (χ0) is 20.5. The van der Waals surface area contributed by atoms with Gasteiger partial charge in [0, 0.05) is 11.3 Å². The Hall–Kier alpha value is -3.22. The molecule has 0 aromatic heterocycles. The number of anilines is 1. The first-order valence-electron chi connectivity index (χ1n) is 8.59. The Morgan fingerprint density at radius 1 is 0.966 bits per heavy atom. The number of rotatable bonds is 4. The lowest BCUT2D eigenvalue weighted by Crippen LogP contribution is -2.27. The van der Waals surface area contributed by atoms with E-state index in [1.54, 1.807) is 12.1 Å². The van der Waals surface area contributed by atoms with E-state index in [2.05, 4.69) is 5.32 Å². The van der Waals surface area contributed by atoms with Gasteiger partial charge in [0.1, 0.15) is 18.0 Å². The molecular weight excluding hydrogens is 415 g/mol. The SMILES string of the molecule is O=C1CN(c2cc(Cl)c(Oc3ccc(O)c(-c4ccccc4)c3)c(Cl)c2)C(=O)N1. The van der Waals surface area contributed by atoms with Gasteiger partial charge in [0.2, 0.25) is 5.91 Å². The summed E-state index contributed by atoms with van der Waals surface area (Å²) in [5.74, 6) is 0.334. The fraction of sp³-hybridized carbons (Fsp3) is 0.0476. The van der Waals surface area contributed by atoms with Crippen LogP contribution in [0, 0.1) is 0 Å². The third-order valence-corrected chi connectivity index (χ3v) is 4.92. The molecule has 0 saturated carbocycles. The molecule has 29 heavy (non-hydrogen) atoms. The Bertz CT molecular complexity index is 1100. The number of carbonyl (C=O) groups is 2. The molecule has 0 bridgehead atoms. The molecule has 4 rings (SSSR count). The van der Waals surface area contributed by atoms with Gasteiger partial charge in [0.15, 0.2) is 5.75 Å². The van der Waals surface area contributed by atoms with Crippen LogP contribution >= 0.6 is 23.2 Å². The van der Waals surface area contributed by atoms with Crippen molar-refractivity contribution in [1.29, 1.82) is 0 Å². The molecule has 6 nitrogen and oxygen atoms in total. The first-order valence-corrected chi connectivity index (χ1v) is 9.34. The Morgan fingerprint density at radius 2 is 1.66 bits per heavy atom. The maximum atomic E-state index is 11.8. The largest absolute Gasteiger partial charge is 0.507 e. The Labute approximate surface area is 176 Å². The molecular formula is C21H14Cl2N2O4. The minimum Gasteiger partial charge on any atom is -0.507 e. The third-order valence-electron chi connectivity index (χ3n) is 4.36. The smallest absolute Gasteiger partial charge is 0.329 e. The number of halogens is 2. The fourth-order valence-electron chi connectivity index (χ4n) is 3.00. The van der Waals surface area contributed by atoms with E-state index in [0.29, 0.717) is 17.0 Å². The minimum atomic E-state index is -0.540. The summed E-state index contributed by atoms with van der Waals surface area (Å²) < 4.78 is 5.86. The number of ether oxygens (including phenoxy) is 1. The first-order chi connectivity index (χ1) is 13.9. The van der Waals surface area contributed by atoms with E-state index in [4.69, 9.17) is 27.9 Å². The topological polar surface area (TPSA) is 78.9 Å². The predicted molar refractivity (Wildman–Crippen MR) is 111 cm³/mol. The molecule has 1 heterocycles. The van der Waals surface area contributed by atoms with Crippen LogP contribution in [-0.4, -0.2) is 23.6 Å². The predicted octanol–water partition coefficient (Wildman–Crippen LogP) is 5.21. The van der Waals surface area contributed by atoms with Crippen LogP contribution in [0.4, 0.5) is 10.5 Å². The molecule has 0 radical (unpaired) electrons. The van der Waals surface area contributed by atoms with Crippen molar-refractivity contribution in [1.82, 2.24) is 5.32 Å². The number of benzene rings is 3. The molecule has 1 fully saturated rings. The molecule has 0 atom stereocenters. The number of amides is 3. The van der Waals surface area contributed by atoms with Crippen molar-refractivity contribution in [3.8, 4) is 28.4 Å². The van der Waals surface area contributed by atoms with Crippen LogP contribution in [0.2, 0.25) is 10.0 Å². The van der Waals surface area contributed by atoms with Crippen LogP contribution in [0.15, 0.2) is 60.7 Å². The highest BCUT2D eigenvalue weighted by atomic mass is 35.5. The lowest BCUT2D eigenvalue weighted by Gasteiger charge is -2.17. The van der Waals surface area contributed by atoms with Crippen LogP contribution in [0.25, 0.3) is 11.1 Å². The second-order valence-corrected chi connectivity index (χ2v) is 7.14. The summed E-state index contributed by atoms with van der Waals surface area (Å²) in [6.45, 7) is -0.107. The number of carbonyl (C=O) groups excluding carboxylic acids is 2. The molecule has 2 N–H and O–H groups in total. The average molecular weight is 429 g/mol. The highest BCUT2D eigenvalue weighted by Gasteiger charge is 2.29. The quantitative estimate of drug-likeness (QED) is 0.558. The molecule has 0 unspecified atom stereocenters. The summed E-state index contributed by atoms with van der Waals surface area (Å²) in [4.78, 5) is 24.5. The number of hydrogen-bond donors (Lipinski definition) is 2. The maximum absolute atomic E-state index is 11.8. The summed E-state index contributed by atoms with van der Waals surface area (Å²) in [6, 6.07) is 16.6. The number of aromatic hydroxyl groups is 1. The molecule has 8 heteroatoms. The summed E-state index contributed by atoms with van der Waals surface area (Å²) in [7, 11) is 0. The lowest BCUT2D eigenvalue weighted by molar-refractivity contribution is -0.117. The molecule has 0 spiro atoms. The van der Waals surface area contributed by atoms with Crippen molar-refractivity contribution >= 4 is 40.8 Å². The number of phenols is 1. The van der Waals surface area contributed by atoms with Crippen LogP contribution in [-0.2, 0) is 4.79 Å². The number of imide groups is 1. The van der Waals surface area contributed by atoms with Gasteiger partial charge in [0.25, 0.3) is 0 Å². The van der Waals surface area contributed by atoms with Crippen LogP contribution in [0.1, 0.15) is 0 Å². The molecule has 3 amide bonds. The first kappa shape index (κ1) is 19.1. The zero-order valence-electron chi connectivity index (χ0n) is 14.9. The van der Waals surface area contributed by atoms with Gasteiger partial charge in [-0.2, -0.15) is 0 Å². The second kappa shape index (κ2) is 7.66.